The van der Waals surface area contributed by atoms with E-state index in [1.54, 1.807) is 24.3 Å². The van der Waals surface area contributed by atoms with Crippen LogP contribution in [0.15, 0.2) is 46.2 Å². The van der Waals surface area contributed by atoms with Crippen molar-refractivity contribution in [1.82, 2.24) is 19.1 Å². The third-order valence-electron chi connectivity index (χ3n) is 4.45. The Morgan fingerprint density at radius 2 is 1.03 bits per heavy atom. The van der Waals surface area contributed by atoms with Gasteiger partial charge in [0.2, 0.25) is 11.6 Å². The smallest absolute Gasteiger partial charge is 0.323 e. The van der Waals surface area contributed by atoms with E-state index in [4.69, 9.17) is 0 Å². The number of hydrogen-bond acceptors (Lipinski definition) is 4. The summed E-state index contributed by atoms with van der Waals surface area (Å²) in [7, 11) is 5.17. The molecule has 0 aliphatic rings. The summed E-state index contributed by atoms with van der Waals surface area (Å²) in [4.78, 5) is 8.63. The molecule has 0 saturated carbocycles. The predicted molar refractivity (Wildman–Crippen MR) is 103 cm³/mol. The molecule has 0 bridgehead atoms. The minimum atomic E-state index is -4.55. The molecule has 0 amide bonds. The molecule has 2 aromatic carbocycles. The maximum absolute atomic E-state index is 13.0. The van der Waals surface area contributed by atoms with E-state index in [9.17, 15) is 26.3 Å². The largest absolute Gasteiger partial charge is 0.449 e. The summed E-state index contributed by atoms with van der Waals surface area (Å²) >= 11 is 0. The highest BCUT2D eigenvalue weighted by Crippen LogP contribution is 2.40. The van der Waals surface area contributed by atoms with Gasteiger partial charge in [-0.05, 0) is 36.4 Å². The fraction of sp³-hybridized carbons (Fsp3) is 0.222. The van der Waals surface area contributed by atoms with E-state index < -0.39 is 24.0 Å². The number of hydrogen-bond donors (Lipinski definition) is 0. The molecule has 4 rings (SSSR count). The van der Waals surface area contributed by atoms with Gasteiger partial charge in [-0.25, -0.2) is 9.97 Å². The van der Waals surface area contributed by atoms with Gasteiger partial charge in [0, 0.05) is 23.9 Å². The van der Waals surface area contributed by atoms with Crippen LogP contribution in [0.25, 0.3) is 22.1 Å². The SMILES string of the molecule is Cn1c(C(F)(F)F)nc2ccc(SSc3ccc4nc(C(F)(F)F)n(C)c4c3)cc21. The Morgan fingerprint density at radius 1 is 0.667 bits per heavy atom. The van der Waals surface area contributed by atoms with Crippen molar-refractivity contribution in [3.63, 3.8) is 0 Å². The predicted octanol–water partition coefficient (Wildman–Crippen LogP) is 6.30. The lowest BCUT2D eigenvalue weighted by atomic mass is 10.3. The van der Waals surface area contributed by atoms with Crippen LogP contribution < -0.4 is 0 Å². The van der Waals surface area contributed by atoms with Gasteiger partial charge in [-0.1, -0.05) is 21.6 Å². The van der Waals surface area contributed by atoms with Gasteiger partial charge < -0.3 is 9.13 Å². The van der Waals surface area contributed by atoms with E-state index in [1.807, 2.05) is 0 Å². The molecule has 12 heteroatoms. The van der Waals surface area contributed by atoms with Gasteiger partial charge in [-0.2, -0.15) is 26.3 Å². The molecule has 2 heterocycles. The average Bonchev–Trinajstić information content (AvgIpc) is 3.17. The maximum Gasteiger partial charge on any atom is 0.449 e. The third kappa shape index (κ3) is 3.73. The summed E-state index contributed by atoms with van der Waals surface area (Å²) in [6, 6.07) is 9.51. The number of imidazole rings is 2. The van der Waals surface area contributed by atoms with E-state index in [-0.39, 0.29) is 11.0 Å². The van der Waals surface area contributed by atoms with Crippen molar-refractivity contribution in [3.8, 4) is 0 Å². The minimum absolute atomic E-state index is 0.232. The Bertz CT molecular complexity index is 1160. The highest BCUT2D eigenvalue weighted by Gasteiger charge is 2.37. The number of alkyl halides is 6. The highest BCUT2D eigenvalue weighted by molar-refractivity contribution is 8.76. The molecular weight excluding hydrogens is 450 g/mol. The van der Waals surface area contributed by atoms with Gasteiger partial charge in [0.1, 0.15) is 0 Å². The van der Waals surface area contributed by atoms with Crippen LogP contribution in [0.4, 0.5) is 26.3 Å². The summed E-state index contributed by atoms with van der Waals surface area (Å²) in [5.41, 5.74) is 1.14. The van der Waals surface area contributed by atoms with Gasteiger partial charge in [0.05, 0.1) is 22.1 Å². The summed E-state index contributed by atoms with van der Waals surface area (Å²) in [6.07, 6.45) is -9.10. The number of halogens is 6. The zero-order chi connectivity index (χ0) is 21.8. The van der Waals surface area contributed by atoms with Gasteiger partial charge in [-0.3, -0.25) is 0 Å². The molecule has 2 aromatic heterocycles. The normalized spacial score (nSPS) is 12.9. The first-order chi connectivity index (χ1) is 13.9. The lowest BCUT2D eigenvalue weighted by molar-refractivity contribution is -0.147. The molecule has 4 aromatic rings. The first-order valence-electron chi connectivity index (χ1n) is 8.37. The maximum atomic E-state index is 13.0. The second-order valence-corrected chi connectivity index (χ2v) is 8.73. The number of rotatable bonds is 3. The van der Waals surface area contributed by atoms with E-state index in [0.717, 1.165) is 9.13 Å². The van der Waals surface area contributed by atoms with Crippen LogP contribution >= 0.6 is 21.6 Å². The molecule has 4 nitrogen and oxygen atoms in total. The number of aryl methyl sites for hydroxylation is 2. The molecule has 0 unspecified atom stereocenters. The van der Waals surface area contributed by atoms with Crippen molar-refractivity contribution in [1.29, 1.82) is 0 Å². The first kappa shape index (κ1) is 20.9. The minimum Gasteiger partial charge on any atom is -0.323 e. The Labute approximate surface area is 173 Å². The second-order valence-electron chi connectivity index (χ2n) is 6.45. The lowest BCUT2D eigenvalue weighted by Gasteiger charge is -2.06. The molecule has 0 saturated heterocycles. The molecule has 0 spiro atoms. The zero-order valence-electron chi connectivity index (χ0n) is 15.3. The summed E-state index contributed by atoms with van der Waals surface area (Å²) in [5, 5.41) is 0. The van der Waals surface area contributed by atoms with Gasteiger partial charge in [0.25, 0.3) is 0 Å². The summed E-state index contributed by atoms with van der Waals surface area (Å²) in [6.45, 7) is 0. The van der Waals surface area contributed by atoms with E-state index in [1.165, 1.54) is 47.8 Å². The fourth-order valence-corrected chi connectivity index (χ4v) is 5.00. The quantitative estimate of drug-likeness (QED) is 0.265. The standard InChI is InChI=1S/C18H12F6N4S2/c1-27-13-7-9(3-5-11(13)25-15(27)17(19,20)21)29-30-10-4-6-12-14(8-10)28(2)16(26-12)18(22,23)24/h3-8H,1-2H3. The molecular formula is C18H12F6N4S2. The number of fused-ring (bicyclic) bond motifs is 2. The van der Waals surface area contributed by atoms with E-state index >= 15 is 0 Å². The van der Waals surface area contributed by atoms with Crippen LogP contribution in [0.5, 0.6) is 0 Å². The summed E-state index contributed by atoms with van der Waals surface area (Å²) in [5.74, 6) is -1.95. The Kier molecular flexibility index (Phi) is 4.96. The van der Waals surface area contributed by atoms with Crippen LogP contribution in [-0.2, 0) is 26.4 Å². The van der Waals surface area contributed by atoms with Gasteiger partial charge >= 0.3 is 12.4 Å². The fourth-order valence-electron chi connectivity index (χ4n) is 3.05. The number of nitrogens with zero attached hydrogens (tertiary/aromatic N) is 4. The van der Waals surface area contributed by atoms with E-state index in [0.29, 0.717) is 20.8 Å². The van der Waals surface area contributed by atoms with Crippen molar-refractivity contribution in [3.05, 3.63) is 48.0 Å². The molecule has 0 aliphatic carbocycles. The third-order valence-corrected chi connectivity index (χ3v) is 6.83. The van der Waals surface area contributed by atoms with Crippen molar-refractivity contribution >= 4 is 43.7 Å². The van der Waals surface area contributed by atoms with Crippen molar-refractivity contribution in [2.24, 2.45) is 14.1 Å². The van der Waals surface area contributed by atoms with Gasteiger partial charge in [0.15, 0.2) is 0 Å². The van der Waals surface area contributed by atoms with E-state index in [2.05, 4.69) is 9.97 Å². The van der Waals surface area contributed by atoms with Crippen LogP contribution in [0.2, 0.25) is 0 Å². The summed E-state index contributed by atoms with van der Waals surface area (Å²) < 4.78 is 80.1. The topological polar surface area (TPSA) is 35.6 Å². The molecule has 30 heavy (non-hydrogen) atoms. The van der Waals surface area contributed by atoms with Crippen LogP contribution in [0.3, 0.4) is 0 Å². The Balaban J connectivity index is 1.60. The second kappa shape index (κ2) is 7.12. The van der Waals surface area contributed by atoms with Crippen LogP contribution in [0, 0.1) is 0 Å². The number of aromatic nitrogens is 4. The van der Waals surface area contributed by atoms with Crippen LogP contribution in [-0.4, -0.2) is 19.1 Å². The molecule has 0 radical (unpaired) electrons. The number of benzene rings is 2. The zero-order valence-corrected chi connectivity index (χ0v) is 17.0. The molecule has 0 atom stereocenters. The molecule has 0 aliphatic heterocycles. The Morgan fingerprint density at radius 3 is 1.37 bits per heavy atom. The van der Waals surface area contributed by atoms with Crippen LogP contribution in [0.1, 0.15) is 11.6 Å². The van der Waals surface area contributed by atoms with Crippen molar-refractivity contribution in [2.75, 3.05) is 0 Å². The van der Waals surface area contributed by atoms with Gasteiger partial charge in [-0.15, -0.1) is 0 Å². The van der Waals surface area contributed by atoms with Crippen molar-refractivity contribution < 1.29 is 26.3 Å². The first-order valence-corrected chi connectivity index (χ1v) is 10.5. The monoisotopic (exact) mass is 462 g/mol. The molecule has 158 valence electrons. The molecule has 0 fully saturated rings. The van der Waals surface area contributed by atoms with Crippen molar-refractivity contribution in [2.45, 2.75) is 22.1 Å². The average molecular weight is 462 g/mol. The lowest BCUT2D eigenvalue weighted by Crippen LogP contribution is -2.12. The highest BCUT2D eigenvalue weighted by atomic mass is 33.1. The molecule has 0 N–H and O–H groups in total. The Hall–Kier alpha value is -2.34.